The van der Waals surface area contributed by atoms with Gasteiger partial charge >= 0.3 is 12.0 Å². The van der Waals surface area contributed by atoms with E-state index in [1.54, 1.807) is 0 Å². The molecule has 1 saturated heterocycles. The summed E-state index contributed by atoms with van der Waals surface area (Å²) in [7, 11) is 0. The molecule has 0 aliphatic carbocycles. The highest BCUT2D eigenvalue weighted by Crippen LogP contribution is 2.20. The molecule has 0 spiro atoms. The van der Waals surface area contributed by atoms with Gasteiger partial charge in [-0.05, 0) is 18.2 Å². The number of carbonyl (C=O) groups excluding carboxylic acids is 1. The van der Waals surface area contributed by atoms with Gasteiger partial charge in [-0.3, -0.25) is 4.79 Å². The molecule has 1 atom stereocenters. The Balaban J connectivity index is 1.99. The highest BCUT2D eigenvalue weighted by Gasteiger charge is 2.26. The molecule has 0 radical (unpaired) electrons. The number of carboxylic acids is 1. The third-order valence-corrected chi connectivity index (χ3v) is 3.23. The second kappa shape index (κ2) is 6.73. The average molecular weight is 317 g/mol. The molecule has 21 heavy (non-hydrogen) atoms. The van der Waals surface area contributed by atoms with Crippen molar-refractivity contribution >= 4 is 29.3 Å². The van der Waals surface area contributed by atoms with Crippen molar-refractivity contribution in [2.75, 3.05) is 25.0 Å². The fraction of sp³-hybridized carbons (Fsp3) is 0.385. The molecule has 1 unspecified atom stereocenters. The maximum absolute atomic E-state index is 13.6. The van der Waals surface area contributed by atoms with E-state index >= 15 is 0 Å². The Bertz CT molecular complexity index is 555. The highest BCUT2D eigenvalue weighted by atomic mass is 35.5. The van der Waals surface area contributed by atoms with E-state index in [2.05, 4.69) is 5.32 Å². The van der Waals surface area contributed by atoms with Gasteiger partial charge in [0, 0.05) is 18.1 Å². The molecule has 6 nitrogen and oxygen atoms in total. The van der Waals surface area contributed by atoms with E-state index in [0.717, 1.165) is 6.07 Å². The molecule has 114 valence electrons. The number of anilines is 1. The van der Waals surface area contributed by atoms with Gasteiger partial charge in [0.05, 0.1) is 24.8 Å². The lowest BCUT2D eigenvalue weighted by Crippen LogP contribution is -2.48. The van der Waals surface area contributed by atoms with Crippen LogP contribution in [0.25, 0.3) is 0 Å². The van der Waals surface area contributed by atoms with Crippen molar-refractivity contribution in [3.05, 3.63) is 29.0 Å². The van der Waals surface area contributed by atoms with Crippen LogP contribution in [0.15, 0.2) is 18.2 Å². The number of morpholine rings is 1. The van der Waals surface area contributed by atoms with Crippen LogP contribution in [-0.4, -0.2) is 47.8 Å². The number of nitrogens with one attached hydrogen (secondary N) is 1. The number of ether oxygens (including phenoxy) is 1. The largest absolute Gasteiger partial charge is 0.481 e. The topological polar surface area (TPSA) is 78.9 Å². The predicted octanol–water partition coefficient (Wildman–Crippen LogP) is 2.19. The van der Waals surface area contributed by atoms with Crippen LogP contribution in [0, 0.1) is 5.82 Å². The van der Waals surface area contributed by atoms with Gasteiger partial charge in [-0.2, -0.15) is 0 Å². The molecular formula is C13H14ClFN2O4. The first kappa shape index (κ1) is 15.5. The minimum Gasteiger partial charge on any atom is -0.481 e. The first-order chi connectivity index (χ1) is 9.95. The van der Waals surface area contributed by atoms with Crippen molar-refractivity contribution in [2.45, 2.75) is 12.5 Å². The SMILES string of the molecule is O=C(O)CC1CN(C(=O)Nc2cc(Cl)ccc2F)CCO1. The number of hydrogen-bond acceptors (Lipinski definition) is 3. The van der Waals surface area contributed by atoms with E-state index in [4.69, 9.17) is 21.4 Å². The van der Waals surface area contributed by atoms with Gasteiger partial charge in [0.15, 0.2) is 0 Å². The van der Waals surface area contributed by atoms with Crippen molar-refractivity contribution in [1.29, 1.82) is 0 Å². The van der Waals surface area contributed by atoms with E-state index in [9.17, 15) is 14.0 Å². The molecule has 8 heteroatoms. The van der Waals surface area contributed by atoms with E-state index in [1.807, 2.05) is 0 Å². The summed E-state index contributed by atoms with van der Waals surface area (Å²) in [5, 5.41) is 11.5. The number of aliphatic carboxylic acids is 1. The fourth-order valence-electron chi connectivity index (χ4n) is 2.01. The van der Waals surface area contributed by atoms with Crippen LogP contribution in [-0.2, 0) is 9.53 Å². The van der Waals surface area contributed by atoms with Gasteiger partial charge in [0.1, 0.15) is 5.82 Å². The minimum atomic E-state index is -0.997. The molecule has 1 fully saturated rings. The van der Waals surface area contributed by atoms with Crippen LogP contribution in [0.1, 0.15) is 6.42 Å². The third-order valence-electron chi connectivity index (χ3n) is 3.00. The number of carbonyl (C=O) groups is 2. The summed E-state index contributed by atoms with van der Waals surface area (Å²) in [6, 6.07) is 3.33. The quantitative estimate of drug-likeness (QED) is 0.896. The van der Waals surface area contributed by atoms with Gasteiger partial charge in [-0.15, -0.1) is 0 Å². The van der Waals surface area contributed by atoms with Crippen LogP contribution >= 0.6 is 11.6 Å². The predicted molar refractivity (Wildman–Crippen MR) is 74.0 cm³/mol. The van der Waals surface area contributed by atoms with Crippen LogP contribution < -0.4 is 5.32 Å². The van der Waals surface area contributed by atoms with Crippen LogP contribution in [0.2, 0.25) is 5.02 Å². The van der Waals surface area contributed by atoms with Gasteiger partial charge in [0.25, 0.3) is 0 Å². The minimum absolute atomic E-state index is 0.0197. The van der Waals surface area contributed by atoms with E-state index in [0.29, 0.717) is 11.6 Å². The molecule has 1 aromatic rings. The van der Waals surface area contributed by atoms with Crippen LogP contribution in [0.4, 0.5) is 14.9 Å². The lowest BCUT2D eigenvalue weighted by molar-refractivity contribution is -0.141. The molecule has 2 rings (SSSR count). The van der Waals surface area contributed by atoms with E-state index < -0.39 is 23.9 Å². The van der Waals surface area contributed by atoms with Crippen molar-refractivity contribution in [3.8, 4) is 0 Å². The molecule has 2 N–H and O–H groups in total. The number of nitrogens with zero attached hydrogens (tertiary/aromatic N) is 1. The van der Waals surface area contributed by atoms with E-state index in [1.165, 1.54) is 17.0 Å². The zero-order valence-corrected chi connectivity index (χ0v) is 11.8. The Morgan fingerprint density at radius 2 is 2.29 bits per heavy atom. The molecular weight excluding hydrogens is 303 g/mol. The fourth-order valence-corrected chi connectivity index (χ4v) is 2.18. The Hall–Kier alpha value is -1.86. The van der Waals surface area contributed by atoms with E-state index in [-0.39, 0.29) is 25.3 Å². The van der Waals surface area contributed by atoms with Crippen molar-refractivity contribution in [2.24, 2.45) is 0 Å². The van der Waals surface area contributed by atoms with Gasteiger partial charge in [-0.1, -0.05) is 11.6 Å². The van der Waals surface area contributed by atoms with Crippen molar-refractivity contribution in [3.63, 3.8) is 0 Å². The first-order valence-electron chi connectivity index (χ1n) is 6.30. The zero-order chi connectivity index (χ0) is 15.4. The van der Waals surface area contributed by atoms with Gasteiger partial charge in [-0.25, -0.2) is 9.18 Å². The standard InChI is InChI=1S/C13H14ClFN2O4/c14-8-1-2-10(15)11(5-8)16-13(20)17-3-4-21-9(7-17)6-12(18)19/h1-2,5,9H,3-4,6-7H2,(H,16,20)(H,18,19). The summed E-state index contributed by atoms with van der Waals surface area (Å²) >= 11 is 5.75. The number of amides is 2. The summed E-state index contributed by atoms with van der Waals surface area (Å²) in [4.78, 5) is 24.1. The Labute approximate surface area is 125 Å². The van der Waals surface area contributed by atoms with Gasteiger partial charge < -0.3 is 20.1 Å². The lowest BCUT2D eigenvalue weighted by atomic mass is 10.2. The smallest absolute Gasteiger partial charge is 0.322 e. The molecule has 0 saturated carbocycles. The normalized spacial score (nSPS) is 18.4. The highest BCUT2D eigenvalue weighted by molar-refractivity contribution is 6.30. The maximum atomic E-state index is 13.6. The van der Waals surface area contributed by atoms with Crippen LogP contribution in [0.5, 0.6) is 0 Å². The second-order valence-corrected chi connectivity index (χ2v) is 5.03. The summed E-state index contributed by atoms with van der Waals surface area (Å²) in [6.07, 6.45) is -0.749. The number of carboxylic acid groups (broad SMARTS) is 1. The number of halogens is 2. The summed E-state index contributed by atoms with van der Waals surface area (Å²) in [5.41, 5.74) is -0.0197. The Kier molecular flexibility index (Phi) is 4.98. The summed E-state index contributed by atoms with van der Waals surface area (Å²) < 4.78 is 18.8. The van der Waals surface area contributed by atoms with Crippen LogP contribution in [0.3, 0.4) is 0 Å². The number of urea groups is 1. The number of rotatable bonds is 3. The summed E-state index contributed by atoms with van der Waals surface area (Å²) in [6.45, 7) is 0.688. The third kappa shape index (κ3) is 4.30. The Morgan fingerprint density at radius 1 is 1.52 bits per heavy atom. The Morgan fingerprint density at radius 3 is 3.00 bits per heavy atom. The van der Waals surface area contributed by atoms with Crippen molar-refractivity contribution < 1.29 is 23.8 Å². The molecule has 1 aliphatic heterocycles. The summed E-state index contributed by atoms with van der Waals surface area (Å²) in [5.74, 6) is -1.59. The molecule has 1 aromatic carbocycles. The monoisotopic (exact) mass is 316 g/mol. The second-order valence-electron chi connectivity index (χ2n) is 4.59. The molecule has 1 heterocycles. The van der Waals surface area contributed by atoms with Crippen molar-refractivity contribution in [1.82, 2.24) is 4.90 Å². The first-order valence-corrected chi connectivity index (χ1v) is 6.68. The molecule has 0 aromatic heterocycles. The number of hydrogen-bond donors (Lipinski definition) is 2. The maximum Gasteiger partial charge on any atom is 0.322 e. The molecule has 0 bridgehead atoms. The van der Waals surface area contributed by atoms with Gasteiger partial charge in [0.2, 0.25) is 0 Å². The average Bonchev–Trinajstić information content (AvgIpc) is 2.42. The number of benzene rings is 1. The lowest BCUT2D eigenvalue weighted by Gasteiger charge is -2.32. The molecule has 2 amide bonds. The zero-order valence-electron chi connectivity index (χ0n) is 11.0. The molecule has 1 aliphatic rings.